The smallest absolute Gasteiger partial charge is 0.308 e. The number of rotatable bonds is 5. The van der Waals surface area contributed by atoms with E-state index in [9.17, 15) is 4.79 Å². The maximum Gasteiger partial charge on any atom is 0.308 e. The average Bonchev–Trinajstić information content (AvgIpc) is 3.18. The van der Waals surface area contributed by atoms with Crippen molar-refractivity contribution in [1.82, 2.24) is 0 Å². The molecule has 1 aliphatic rings. The van der Waals surface area contributed by atoms with Gasteiger partial charge in [-0.05, 0) is 41.0 Å². The number of esters is 1. The molecule has 0 saturated carbocycles. The average molecular weight is 408 g/mol. The van der Waals surface area contributed by atoms with Crippen LogP contribution in [-0.2, 0) is 14.4 Å². The summed E-state index contributed by atoms with van der Waals surface area (Å²) in [6.07, 6.45) is 0.679. The second-order valence-corrected chi connectivity index (χ2v) is 7.49. The summed E-state index contributed by atoms with van der Waals surface area (Å²) in [5.74, 6) is -0.272. The van der Waals surface area contributed by atoms with Crippen LogP contribution in [-0.4, -0.2) is 19.2 Å². The van der Waals surface area contributed by atoms with Gasteiger partial charge in [-0.3, -0.25) is 9.63 Å². The minimum Gasteiger partial charge on any atom is -0.469 e. The quantitative estimate of drug-likeness (QED) is 0.499. The molecule has 2 unspecified atom stereocenters. The molecule has 4 rings (SSSR count). The van der Waals surface area contributed by atoms with Gasteiger partial charge in [0.1, 0.15) is 0 Å². The molecule has 0 radical (unpaired) electrons. The highest BCUT2D eigenvalue weighted by Gasteiger charge is 2.36. The Morgan fingerprint density at radius 3 is 2.31 bits per heavy atom. The van der Waals surface area contributed by atoms with E-state index in [2.05, 4.69) is 36.4 Å². The number of hydrogen-bond donors (Lipinski definition) is 0. The highest BCUT2D eigenvalue weighted by Crippen LogP contribution is 2.40. The standard InChI is InChI=1S/C24H22ClNO3/c1-28-24(27)16-22-15-23(26(29-22)21-13-11-20(25)12-14-21)19-9-7-18(8-10-19)17-5-3-2-4-6-17/h2-14,22-23H,15-16H2,1H3. The third kappa shape index (κ3) is 4.44. The second-order valence-electron chi connectivity index (χ2n) is 7.05. The summed E-state index contributed by atoms with van der Waals surface area (Å²) >= 11 is 6.04. The fourth-order valence-electron chi connectivity index (χ4n) is 3.64. The van der Waals surface area contributed by atoms with Gasteiger partial charge in [0.15, 0.2) is 0 Å². The Labute approximate surface area is 175 Å². The molecule has 1 saturated heterocycles. The Morgan fingerprint density at radius 1 is 1.00 bits per heavy atom. The lowest BCUT2D eigenvalue weighted by molar-refractivity contribution is -0.143. The van der Waals surface area contributed by atoms with Gasteiger partial charge in [0.05, 0.1) is 31.4 Å². The molecule has 1 heterocycles. The zero-order chi connectivity index (χ0) is 20.2. The molecule has 0 N–H and O–H groups in total. The van der Waals surface area contributed by atoms with Gasteiger partial charge in [-0.25, -0.2) is 5.06 Å². The molecule has 5 heteroatoms. The van der Waals surface area contributed by atoms with E-state index >= 15 is 0 Å². The largest absolute Gasteiger partial charge is 0.469 e. The minimum atomic E-state index is -0.272. The molecule has 148 valence electrons. The van der Waals surface area contributed by atoms with Crippen LogP contribution in [0.2, 0.25) is 5.02 Å². The molecule has 0 amide bonds. The van der Waals surface area contributed by atoms with E-state index in [1.54, 1.807) is 0 Å². The molecule has 0 bridgehead atoms. The predicted molar refractivity (Wildman–Crippen MR) is 115 cm³/mol. The van der Waals surface area contributed by atoms with Crippen molar-refractivity contribution < 1.29 is 14.4 Å². The molecule has 1 aliphatic heterocycles. The number of halogens is 1. The maximum absolute atomic E-state index is 11.8. The first kappa shape index (κ1) is 19.5. The van der Waals surface area contributed by atoms with Crippen LogP contribution in [0, 0.1) is 0 Å². The van der Waals surface area contributed by atoms with Gasteiger partial charge in [-0.2, -0.15) is 0 Å². The summed E-state index contributed by atoms with van der Waals surface area (Å²) in [5.41, 5.74) is 4.38. The van der Waals surface area contributed by atoms with E-state index in [-0.39, 0.29) is 24.5 Å². The van der Waals surface area contributed by atoms with Crippen LogP contribution in [0.5, 0.6) is 0 Å². The third-order valence-electron chi connectivity index (χ3n) is 5.14. The molecule has 1 fully saturated rings. The van der Waals surface area contributed by atoms with Crippen LogP contribution in [0.3, 0.4) is 0 Å². The summed E-state index contributed by atoms with van der Waals surface area (Å²) in [5, 5.41) is 2.55. The first-order chi connectivity index (χ1) is 14.1. The van der Waals surface area contributed by atoms with Gasteiger partial charge < -0.3 is 4.74 Å². The number of methoxy groups -OCH3 is 1. The summed E-state index contributed by atoms with van der Waals surface area (Å²) in [4.78, 5) is 17.9. The number of benzene rings is 3. The maximum atomic E-state index is 11.8. The number of carbonyl (C=O) groups excluding carboxylic acids is 1. The lowest BCUT2D eigenvalue weighted by atomic mass is 9.97. The molecular weight excluding hydrogens is 386 g/mol. The summed E-state index contributed by atoms with van der Waals surface area (Å²) in [6, 6.07) is 26.3. The number of anilines is 1. The van der Waals surface area contributed by atoms with Gasteiger partial charge in [0, 0.05) is 11.4 Å². The van der Waals surface area contributed by atoms with Gasteiger partial charge in [0.25, 0.3) is 0 Å². The van der Waals surface area contributed by atoms with Crippen molar-refractivity contribution in [3.63, 3.8) is 0 Å². The predicted octanol–water partition coefficient (Wildman–Crippen LogP) is 5.82. The van der Waals surface area contributed by atoms with Crippen molar-refractivity contribution in [2.75, 3.05) is 12.2 Å². The fraction of sp³-hybridized carbons (Fsp3) is 0.208. The van der Waals surface area contributed by atoms with Crippen LogP contribution in [0.25, 0.3) is 11.1 Å². The van der Waals surface area contributed by atoms with E-state index in [0.717, 1.165) is 16.8 Å². The first-order valence-corrected chi connectivity index (χ1v) is 9.95. The van der Waals surface area contributed by atoms with Crippen LogP contribution < -0.4 is 5.06 Å². The van der Waals surface area contributed by atoms with Crippen LogP contribution in [0.4, 0.5) is 5.69 Å². The van der Waals surface area contributed by atoms with Crippen molar-refractivity contribution in [2.24, 2.45) is 0 Å². The van der Waals surface area contributed by atoms with Gasteiger partial charge in [-0.1, -0.05) is 66.2 Å². The van der Waals surface area contributed by atoms with Crippen LogP contribution >= 0.6 is 11.6 Å². The van der Waals surface area contributed by atoms with Crippen molar-refractivity contribution in [2.45, 2.75) is 25.0 Å². The lowest BCUT2D eigenvalue weighted by Crippen LogP contribution is -2.22. The minimum absolute atomic E-state index is 0.00402. The normalized spacial score (nSPS) is 18.6. The Kier molecular flexibility index (Phi) is 5.84. The second kappa shape index (κ2) is 8.68. The van der Waals surface area contributed by atoms with Crippen LogP contribution in [0.1, 0.15) is 24.4 Å². The van der Waals surface area contributed by atoms with E-state index in [4.69, 9.17) is 21.2 Å². The highest BCUT2D eigenvalue weighted by molar-refractivity contribution is 6.30. The van der Waals surface area contributed by atoms with Gasteiger partial charge in [0.2, 0.25) is 0 Å². The van der Waals surface area contributed by atoms with Crippen molar-refractivity contribution in [1.29, 1.82) is 0 Å². The zero-order valence-corrected chi connectivity index (χ0v) is 16.9. The molecule has 3 aromatic rings. The SMILES string of the molecule is COC(=O)CC1CC(c2ccc(-c3ccccc3)cc2)N(c2ccc(Cl)cc2)O1. The molecule has 29 heavy (non-hydrogen) atoms. The number of ether oxygens (including phenoxy) is 1. The molecule has 4 nitrogen and oxygen atoms in total. The number of nitrogens with zero attached hydrogens (tertiary/aromatic N) is 1. The summed E-state index contributed by atoms with van der Waals surface area (Å²) in [6.45, 7) is 0. The van der Waals surface area contributed by atoms with Gasteiger partial charge in [-0.15, -0.1) is 0 Å². The number of hydrogen-bond acceptors (Lipinski definition) is 4. The van der Waals surface area contributed by atoms with E-state index in [0.29, 0.717) is 11.4 Å². The number of carbonyl (C=O) groups is 1. The molecule has 0 aromatic heterocycles. The third-order valence-corrected chi connectivity index (χ3v) is 5.39. The van der Waals surface area contributed by atoms with Crippen molar-refractivity contribution in [3.05, 3.63) is 89.4 Å². The molecular formula is C24H22ClNO3. The monoisotopic (exact) mass is 407 g/mol. The molecule has 2 atom stereocenters. The molecule has 0 aliphatic carbocycles. The van der Waals surface area contributed by atoms with Crippen molar-refractivity contribution in [3.8, 4) is 11.1 Å². The van der Waals surface area contributed by atoms with Gasteiger partial charge >= 0.3 is 5.97 Å². The Morgan fingerprint density at radius 2 is 1.66 bits per heavy atom. The van der Waals surface area contributed by atoms with Crippen molar-refractivity contribution >= 4 is 23.3 Å². The molecule has 0 spiro atoms. The Hall–Kier alpha value is -2.82. The fourth-order valence-corrected chi connectivity index (χ4v) is 3.77. The topological polar surface area (TPSA) is 38.8 Å². The first-order valence-electron chi connectivity index (χ1n) is 9.58. The Bertz CT molecular complexity index is 958. The van der Waals surface area contributed by atoms with Crippen LogP contribution in [0.15, 0.2) is 78.9 Å². The Balaban J connectivity index is 1.61. The number of hydroxylamine groups is 1. The molecule has 3 aromatic carbocycles. The lowest BCUT2D eigenvalue weighted by Gasteiger charge is -2.25. The van der Waals surface area contributed by atoms with E-state index in [1.807, 2.05) is 47.5 Å². The van der Waals surface area contributed by atoms with E-state index < -0.39 is 0 Å². The highest BCUT2D eigenvalue weighted by atomic mass is 35.5. The van der Waals surface area contributed by atoms with E-state index in [1.165, 1.54) is 12.7 Å². The zero-order valence-electron chi connectivity index (χ0n) is 16.1. The summed E-state index contributed by atoms with van der Waals surface area (Å²) in [7, 11) is 1.40. The summed E-state index contributed by atoms with van der Waals surface area (Å²) < 4.78 is 4.82.